The highest BCUT2D eigenvalue weighted by Crippen LogP contribution is 2.39. The number of morpholine rings is 1. The van der Waals surface area contributed by atoms with Crippen LogP contribution in [0.15, 0.2) is 30.3 Å². The number of anilines is 2. The normalized spacial score (nSPS) is 18.8. The fourth-order valence-corrected chi connectivity index (χ4v) is 5.61. The number of alkyl halides is 2. The molecule has 3 aliphatic rings. The summed E-state index contributed by atoms with van der Waals surface area (Å²) in [6.45, 7) is 0.356. The maximum absolute atomic E-state index is 14.0. The Morgan fingerprint density at radius 3 is 2.49 bits per heavy atom. The summed E-state index contributed by atoms with van der Waals surface area (Å²) >= 11 is 7.10. The minimum atomic E-state index is -2.84. The zero-order valence-corrected chi connectivity index (χ0v) is 21.5. The summed E-state index contributed by atoms with van der Waals surface area (Å²) in [6.07, 6.45) is 1.07. The second-order valence-electron chi connectivity index (χ2n) is 9.40. The number of nitrogens with zero attached hydrogens (tertiary/aromatic N) is 2. The Kier molecular flexibility index (Phi) is 7.75. The van der Waals surface area contributed by atoms with Crippen LogP contribution in [0.3, 0.4) is 0 Å². The van der Waals surface area contributed by atoms with Crippen molar-refractivity contribution in [1.29, 1.82) is 0 Å². The monoisotopic (exact) mass is 552 g/mol. The van der Waals surface area contributed by atoms with Gasteiger partial charge < -0.3 is 20.3 Å². The second-order valence-corrected chi connectivity index (χ2v) is 11.1. The summed E-state index contributed by atoms with van der Waals surface area (Å²) in [7, 11) is 0. The Morgan fingerprint density at radius 1 is 1.16 bits per heavy atom. The summed E-state index contributed by atoms with van der Waals surface area (Å²) in [5.74, 6) is -1.09. The zero-order chi connectivity index (χ0) is 26.1. The van der Waals surface area contributed by atoms with Gasteiger partial charge in [-0.3, -0.25) is 19.3 Å². The smallest absolute Gasteiger partial charge is 0.265 e. The molecule has 3 amide bonds. The molecule has 2 aromatic rings. The number of carbonyl (C=O) groups excluding carboxylic acids is 3. The highest BCUT2D eigenvalue weighted by atomic mass is 35.5. The van der Waals surface area contributed by atoms with Crippen molar-refractivity contribution in [2.45, 2.75) is 50.2 Å². The molecule has 1 aliphatic heterocycles. The number of halogens is 3. The Hall–Kier alpha value is -2.60. The van der Waals surface area contributed by atoms with Crippen LogP contribution in [0.5, 0.6) is 0 Å². The molecule has 37 heavy (non-hydrogen) atoms. The molecular formula is C25H27ClF2N4O4S. The first-order valence-corrected chi connectivity index (χ1v) is 13.4. The summed E-state index contributed by atoms with van der Waals surface area (Å²) in [5, 5.41) is 5.63. The molecule has 12 heteroatoms. The predicted octanol–water partition coefficient (Wildman–Crippen LogP) is 4.07. The number of hydrogen-bond acceptors (Lipinski definition) is 6. The molecule has 1 atom stereocenters. The molecule has 2 N–H and O–H groups in total. The van der Waals surface area contributed by atoms with Crippen LogP contribution in [0, 0.1) is 0 Å². The van der Waals surface area contributed by atoms with Crippen LogP contribution >= 0.6 is 22.9 Å². The van der Waals surface area contributed by atoms with Gasteiger partial charge in [0.2, 0.25) is 5.91 Å². The van der Waals surface area contributed by atoms with Crippen molar-refractivity contribution in [3.63, 3.8) is 0 Å². The average molecular weight is 553 g/mol. The van der Waals surface area contributed by atoms with Gasteiger partial charge in [0.1, 0.15) is 12.6 Å². The summed E-state index contributed by atoms with van der Waals surface area (Å²) in [6, 6.07) is 7.30. The SMILES string of the molecule is O=C(NC[C@H](C(=O)Nc1ccc(N2CCOCC2=O)c(C(F)F)c1)N(C1CC1)C1CC1)c1ccc(Cl)s1. The van der Waals surface area contributed by atoms with E-state index in [9.17, 15) is 23.2 Å². The number of nitrogens with one attached hydrogen (secondary N) is 2. The van der Waals surface area contributed by atoms with E-state index in [0.29, 0.717) is 9.21 Å². The molecule has 0 bridgehead atoms. The van der Waals surface area contributed by atoms with Gasteiger partial charge in [-0.1, -0.05) is 11.6 Å². The Labute approximate surface area is 221 Å². The average Bonchev–Trinajstić information content (AvgIpc) is 3.81. The molecule has 0 unspecified atom stereocenters. The van der Waals surface area contributed by atoms with Crippen molar-refractivity contribution in [1.82, 2.24) is 10.2 Å². The maximum atomic E-state index is 14.0. The van der Waals surface area contributed by atoms with E-state index in [2.05, 4.69) is 15.5 Å². The molecule has 2 saturated carbocycles. The van der Waals surface area contributed by atoms with Gasteiger partial charge in [-0.25, -0.2) is 8.78 Å². The van der Waals surface area contributed by atoms with Crippen LogP contribution in [0.2, 0.25) is 4.34 Å². The van der Waals surface area contributed by atoms with E-state index in [-0.39, 0.29) is 67.1 Å². The molecule has 3 fully saturated rings. The number of thiophene rings is 1. The van der Waals surface area contributed by atoms with Gasteiger partial charge >= 0.3 is 0 Å². The van der Waals surface area contributed by atoms with Gasteiger partial charge in [-0.15, -0.1) is 11.3 Å². The maximum Gasteiger partial charge on any atom is 0.265 e. The molecule has 2 aliphatic carbocycles. The zero-order valence-electron chi connectivity index (χ0n) is 19.9. The van der Waals surface area contributed by atoms with Crippen molar-refractivity contribution in [2.75, 3.05) is 36.5 Å². The lowest BCUT2D eigenvalue weighted by molar-refractivity contribution is -0.125. The van der Waals surface area contributed by atoms with Crippen molar-refractivity contribution < 1.29 is 27.9 Å². The minimum absolute atomic E-state index is 0.0786. The molecule has 8 nitrogen and oxygen atoms in total. The summed E-state index contributed by atoms with van der Waals surface area (Å²) < 4.78 is 33.5. The topological polar surface area (TPSA) is 91.0 Å². The first-order chi connectivity index (χ1) is 17.8. The highest BCUT2D eigenvalue weighted by molar-refractivity contribution is 7.18. The van der Waals surface area contributed by atoms with Crippen molar-refractivity contribution in [2.24, 2.45) is 0 Å². The van der Waals surface area contributed by atoms with Gasteiger partial charge in [0.15, 0.2) is 0 Å². The van der Waals surface area contributed by atoms with Gasteiger partial charge in [0.25, 0.3) is 18.2 Å². The van der Waals surface area contributed by atoms with Crippen LogP contribution in [0.4, 0.5) is 20.2 Å². The van der Waals surface area contributed by atoms with Crippen LogP contribution in [0.25, 0.3) is 0 Å². The molecule has 198 valence electrons. The van der Waals surface area contributed by atoms with Gasteiger partial charge in [-0.2, -0.15) is 0 Å². The number of hydrogen-bond donors (Lipinski definition) is 2. The van der Waals surface area contributed by atoms with Crippen LogP contribution in [-0.4, -0.2) is 67.1 Å². The quantitative estimate of drug-likeness (QED) is 0.464. The standard InChI is InChI=1S/C25H27ClF2N4O4S/c26-21-8-7-20(37-21)25(35)29-12-19(32(15-2-3-15)16-4-5-16)24(34)30-14-1-6-18(17(11-14)23(27)28)31-9-10-36-13-22(31)33/h1,6-8,11,15-16,19,23H,2-5,9-10,12-13H2,(H,29,35)(H,30,34)/t19-/m1/s1. The van der Waals surface area contributed by atoms with E-state index in [0.717, 1.165) is 37.0 Å². The number of benzene rings is 1. The van der Waals surface area contributed by atoms with Gasteiger partial charge in [0.05, 0.1) is 21.5 Å². The number of rotatable bonds is 10. The Bertz CT molecular complexity index is 1180. The third-order valence-electron chi connectivity index (χ3n) is 6.66. The molecule has 2 heterocycles. The molecule has 1 aromatic carbocycles. The molecule has 1 aromatic heterocycles. The first-order valence-electron chi connectivity index (χ1n) is 12.2. The van der Waals surface area contributed by atoms with Crippen LogP contribution in [-0.2, 0) is 14.3 Å². The molecular weight excluding hydrogens is 526 g/mol. The van der Waals surface area contributed by atoms with E-state index >= 15 is 0 Å². The largest absolute Gasteiger partial charge is 0.370 e. The molecule has 1 saturated heterocycles. The Morgan fingerprint density at radius 2 is 1.89 bits per heavy atom. The lowest BCUT2D eigenvalue weighted by Crippen LogP contribution is -2.52. The van der Waals surface area contributed by atoms with E-state index in [4.69, 9.17) is 16.3 Å². The first kappa shape index (κ1) is 26.0. The van der Waals surface area contributed by atoms with Crippen molar-refractivity contribution >= 4 is 52.0 Å². The third kappa shape index (κ3) is 6.11. The number of ether oxygens (including phenoxy) is 1. The van der Waals surface area contributed by atoms with Gasteiger partial charge in [0, 0.05) is 36.4 Å². The van der Waals surface area contributed by atoms with Crippen LogP contribution in [0.1, 0.15) is 47.3 Å². The fourth-order valence-electron chi connectivity index (χ4n) is 4.65. The minimum Gasteiger partial charge on any atom is -0.370 e. The van der Waals surface area contributed by atoms with E-state index in [1.54, 1.807) is 12.1 Å². The molecule has 0 radical (unpaired) electrons. The third-order valence-corrected chi connectivity index (χ3v) is 7.89. The van der Waals surface area contributed by atoms with Crippen molar-refractivity contribution in [3.8, 4) is 0 Å². The summed E-state index contributed by atoms with van der Waals surface area (Å²) in [4.78, 5) is 42.2. The van der Waals surface area contributed by atoms with Crippen LogP contribution < -0.4 is 15.5 Å². The fraction of sp³-hybridized carbons (Fsp3) is 0.480. The number of amides is 3. The van der Waals surface area contributed by atoms with E-state index < -0.39 is 18.4 Å². The number of carbonyl (C=O) groups is 3. The second kappa shape index (κ2) is 11.0. The van der Waals surface area contributed by atoms with Gasteiger partial charge in [-0.05, 0) is 56.0 Å². The summed E-state index contributed by atoms with van der Waals surface area (Å²) in [5.41, 5.74) is -0.0244. The lowest BCUT2D eigenvalue weighted by Gasteiger charge is -2.31. The van der Waals surface area contributed by atoms with E-state index in [1.165, 1.54) is 23.1 Å². The molecule has 5 rings (SSSR count). The molecule has 0 spiro atoms. The highest BCUT2D eigenvalue weighted by Gasteiger charge is 2.45. The lowest BCUT2D eigenvalue weighted by atomic mass is 10.1. The van der Waals surface area contributed by atoms with Crippen molar-refractivity contribution in [3.05, 3.63) is 45.1 Å². The van der Waals surface area contributed by atoms with E-state index in [1.807, 2.05) is 0 Å². The predicted molar refractivity (Wildman–Crippen MR) is 137 cm³/mol. The Balaban J connectivity index is 1.34.